The van der Waals surface area contributed by atoms with Crippen LogP contribution in [0.3, 0.4) is 0 Å². The minimum atomic E-state index is -2.40. The maximum atomic E-state index is 11.7. The molecule has 0 spiro atoms. The molecule has 0 radical (unpaired) electrons. The van der Waals surface area contributed by atoms with Crippen LogP contribution in [0.5, 0.6) is 0 Å². The van der Waals surface area contributed by atoms with Crippen molar-refractivity contribution >= 4 is 24.5 Å². The summed E-state index contributed by atoms with van der Waals surface area (Å²) in [7, 11) is 0. The maximum absolute atomic E-state index is 11.7. The number of carbonyl (C=O) groups excluding carboxylic acids is 1. The number of thiol groups is 1. The third-order valence-electron chi connectivity index (χ3n) is 4.02. The van der Waals surface area contributed by atoms with Gasteiger partial charge in [0.1, 0.15) is 36.3 Å². The Bertz CT molecular complexity index is 508. The van der Waals surface area contributed by atoms with Gasteiger partial charge in [0, 0.05) is 6.61 Å². The predicted molar refractivity (Wildman–Crippen MR) is 94.6 cm³/mol. The van der Waals surface area contributed by atoms with Gasteiger partial charge in [-0.1, -0.05) is 0 Å². The van der Waals surface area contributed by atoms with Crippen LogP contribution in [0.2, 0.25) is 0 Å². The molecule has 164 valence electrons. The summed E-state index contributed by atoms with van der Waals surface area (Å²) >= 11 is 3.84. The van der Waals surface area contributed by atoms with Crippen LogP contribution in [0.1, 0.15) is 6.42 Å². The maximum Gasteiger partial charge on any atom is 0.316 e. The smallest absolute Gasteiger partial charge is 0.316 e. The van der Waals surface area contributed by atoms with Crippen molar-refractivity contribution in [1.82, 2.24) is 5.32 Å². The molecule has 6 atom stereocenters. The van der Waals surface area contributed by atoms with E-state index < -0.39 is 67.1 Å². The molecule has 0 aromatic rings. The Morgan fingerprint density at radius 2 is 1.79 bits per heavy atom. The van der Waals surface area contributed by atoms with Crippen molar-refractivity contribution in [1.29, 1.82) is 0 Å². The van der Waals surface area contributed by atoms with Crippen LogP contribution < -0.4 is 5.32 Å². The van der Waals surface area contributed by atoms with Gasteiger partial charge >= 0.3 is 5.97 Å². The van der Waals surface area contributed by atoms with E-state index in [9.17, 15) is 30.0 Å². The van der Waals surface area contributed by atoms with Crippen molar-refractivity contribution in [3.8, 4) is 0 Å². The number of ether oxygens (including phenoxy) is 3. The van der Waals surface area contributed by atoms with E-state index in [0.29, 0.717) is 0 Å². The Morgan fingerprint density at radius 3 is 2.39 bits per heavy atom. The number of nitrogens with one attached hydrogen (secondary N) is 1. The molecule has 1 amide bonds. The molecular weight excluding hydrogens is 402 g/mol. The lowest BCUT2D eigenvalue weighted by molar-refractivity contribution is -0.345. The van der Waals surface area contributed by atoms with Gasteiger partial charge in [-0.25, -0.2) is 0 Å². The van der Waals surface area contributed by atoms with Gasteiger partial charge in [0.05, 0.1) is 26.4 Å². The molecule has 28 heavy (non-hydrogen) atoms. The first kappa shape index (κ1) is 25.0. The van der Waals surface area contributed by atoms with Crippen LogP contribution in [0.4, 0.5) is 0 Å². The van der Waals surface area contributed by atoms with Crippen molar-refractivity contribution in [2.24, 2.45) is 0 Å². The molecule has 1 aliphatic rings. The van der Waals surface area contributed by atoms with E-state index in [-0.39, 0.29) is 26.2 Å². The summed E-state index contributed by atoms with van der Waals surface area (Å²) in [6, 6.07) is 0. The van der Waals surface area contributed by atoms with Crippen LogP contribution in [0, 0.1) is 0 Å². The van der Waals surface area contributed by atoms with Crippen molar-refractivity contribution in [2.45, 2.75) is 41.9 Å². The molecule has 2 unspecified atom stereocenters. The Labute approximate surface area is 166 Å². The SMILES string of the molecule is O=C(COCCOCCC(S)C(=O)O)NCC1(O)O[C@H](CO)[C@H](O)[C@H](O)[C@H]1O. The highest BCUT2D eigenvalue weighted by Gasteiger charge is 2.52. The Balaban J connectivity index is 2.24. The topological polar surface area (TPSA) is 195 Å². The van der Waals surface area contributed by atoms with Gasteiger partial charge in [0.25, 0.3) is 0 Å². The summed E-state index contributed by atoms with van der Waals surface area (Å²) in [5.74, 6) is -4.11. The van der Waals surface area contributed by atoms with E-state index in [0.717, 1.165) is 0 Å². The molecule has 1 heterocycles. The number of rotatable bonds is 12. The second kappa shape index (κ2) is 11.8. The molecule has 0 saturated carbocycles. The molecule has 1 saturated heterocycles. The first-order valence-electron chi connectivity index (χ1n) is 8.50. The average molecular weight is 429 g/mol. The van der Waals surface area contributed by atoms with Crippen molar-refractivity contribution in [2.75, 3.05) is 39.6 Å². The van der Waals surface area contributed by atoms with Crippen LogP contribution in [0.15, 0.2) is 0 Å². The lowest BCUT2D eigenvalue weighted by Crippen LogP contribution is -2.68. The Morgan fingerprint density at radius 1 is 1.14 bits per heavy atom. The number of aliphatic carboxylic acids is 1. The molecular formula is C15H27NO11S. The first-order valence-corrected chi connectivity index (χ1v) is 9.02. The molecule has 12 nitrogen and oxygen atoms in total. The van der Waals surface area contributed by atoms with Gasteiger partial charge < -0.3 is 50.2 Å². The fourth-order valence-electron chi connectivity index (χ4n) is 2.35. The zero-order valence-electron chi connectivity index (χ0n) is 15.0. The zero-order chi connectivity index (χ0) is 21.3. The third kappa shape index (κ3) is 7.42. The van der Waals surface area contributed by atoms with E-state index in [1.54, 1.807) is 0 Å². The Kier molecular flexibility index (Phi) is 10.6. The van der Waals surface area contributed by atoms with Gasteiger partial charge in [-0.2, -0.15) is 12.6 Å². The number of carboxylic acid groups (broad SMARTS) is 1. The van der Waals surface area contributed by atoms with Gasteiger partial charge in [-0.15, -0.1) is 0 Å². The molecule has 0 aliphatic carbocycles. The van der Waals surface area contributed by atoms with Crippen molar-refractivity contribution in [3.05, 3.63) is 0 Å². The number of carboxylic acids is 1. The molecule has 13 heteroatoms. The molecule has 1 fully saturated rings. The average Bonchev–Trinajstić information content (AvgIpc) is 2.66. The minimum absolute atomic E-state index is 0.0542. The van der Waals surface area contributed by atoms with E-state index >= 15 is 0 Å². The molecule has 0 aromatic heterocycles. The van der Waals surface area contributed by atoms with Crippen LogP contribution in [-0.2, 0) is 23.8 Å². The summed E-state index contributed by atoms with van der Waals surface area (Å²) in [5.41, 5.74) is 0. The van der Waals surface area contributed by atoms with E-state index in [1.807, 2.05) is 0 Å². The van der Waals surface area contributed by atoms with Crippen LogP contribution >= 0.6 is 12.6 Å². The second-order valence-electron chi connectivity index (χ2n) is 6.19. The number of hydrogen-bond donors (Lipinski definition) is 8. The molecule has 1 aliphatic heterocycles. The first-order chi connectivity index (χ1) is 13.1. The predicted octanol–water partition coefficient (Wildman–Crippen LogP) is -3.93. The fraction of sp³-hybridized carbons (Fsp3) is 0.867. The van der Waals surface area contributed by atoms with E-state index in [4.69, 9.17) is 24.4 Å². The minimum Gasteiger partial charge on any atom is -0.480 e. The highest BCUT2D eigenvalue weighted by atomic mass is 32.1. The highest BCUT2D eigenvalue weighted by molar-refractivity contribution is 7.81. The number of amides is 1. The van der Waals surface area contributed by atoms with Gasteiger partial charge in [0.2, 0.25) is 11.7 Å². The Hall–Kier alpha value is -1.03. The lowest BCUT2D eigenvalue weighted by atomic mass is 9.92. The molecule has 0 aromatic carbocycles. The summed E-state index contributed by atoms with van der Waals surface area (Å²) in [5, 5.41) is 58.6. The summed E-state index contributed by atoms with van der Waals surface area (Å²) in [6.07, 6.45) is -6.42. The highest BCUT2D eigenvalue weighted by Crippen LogP contribution is 2.27. The summed E-state index contributed by atoms with van der Waals surface area (Å²) in [6.45, 7) is -1.39. The quantitative estimate of drug-likeness (QED) is 0.111. The molecule has 1 rings (SSSR count). The molecule has 7 N–H and O–H groups in total. The molecule has 0 bridgehead atoms. The largest absolute Gasteiger partial charge is 0.480 e. The van der Waals surface area contributed by atoms with E-state index in [1.165, 1.54) is 0 Å². The second-order valence-corrected chi connectivity index (χ2v) is 6.82. The van der Waals surface area contributed by atoms with Gasteiger partial charge in [-0.3, -0.25) is 9.59 Å². The van der Waals surface area contributed by atoms with Gasteiger partial charge in [0.15, 0.2) is 0 Å². The third-order valence-corrected chi connectivity index (χ3v) is 4.50. The van der Waals surface area contributed by atoms with Crippen LogP contribution in [-0.4, -0.2) is 118 Å². The summed E-state index contributed by atoms with van der Waals surface area (Å²) < 4.78 is 15.2. The number of aliphatic hydroxyl groups is 5. The fourth-order valence-corrected chi connectivity index (χ4v) is 2.45. The van der Waals surface area contributed by atoms with Crippen molar-refractivity contribution in [3.63, 3.8) is 0 Å². The monoisotopic (exact) mass is 429 g/mol. The normalized spacial score (nSPS) is 31.4. The van der Waals surface area contributed by atoms with Crippen molar-refractivity contribution < 1.29 is 54.4 Å². The lowest BCUT2D eigenvalue weighted by Gasteiger charge is -2.45. The zero-order valence-corrected chi connectivity index (χ0v) is 15.9. The van der Waals surface area contributed by atoms with Crippen LogP contribution in [0.25, 0.3) is 0 Å². The number of carbonyl (C=O) groups is 2. The number of aliphatic hydroxyl groups excluding tert-OH is 4. The van der Waals surface area contributed by atoms with E-state index in [2.05, 4.69) is 17.9 Å². The van der Waals surface area contributed by atoms with Gasteiger partial charge in [-0.05, 0) is 6.42 Å². The summed E-state index contributed by atoms with van der Waals surface area (Å²) in [4.78, 5) is 22.3. The standard InChI is InChI=1S/C15H27NO11S/c17-5-8-11(19)12(20)13(21)15(24,27-8)7-16-10(18)6-26-4-3-25-2-1-9(28)14(22)23/h8-9,11-13,17,19-21,24,28H,1-7H2,(H,16,18)(H,22,23)/t8-,9?,11+,12+,13-,15?/m1/s1. The number of hydrogen-bond acceptors (Lipinski definition) is 11.